The van der Waals surface area contributed by atoms with Crippen LogP contribution in [-0.2, 0) is 4.79 Å². The lowest BCUT2D eigenvalue weighted by molar-refractivity contribution is -0.119. The van der Waals surface area contributed by atoms with Crippen LogP contribution < -0.4 is 14.4 Å². The maximum Gasteiger partial charge on any atom is 0.279 e. The molecule has 0 aromatic carbocycles. The van der Waals surface area contributed by atoms with Crippen LogP contribution in [0.3, 0.4) is 0 Å². The van der Waals surface area contributed by atoms with Crippen LogP contribution in [0, 0.1) is 0 Å². The van der Waals surface area contributed by atoms with Gasteiger partial charge in [-0.2, -0.15) is 4.98 Å². The molecular weight excluding hydrogens is 246 g/mol. The van der Waals surface area contributed by atoms with Crippen molar-refractivity contribution < 1.29 is 14.3 Å². The number of carbonyl (C=O) groups excluding carboxylic acids is 1. The fourth-order valence-corrected chi connectivity index (χ4v) is 1.76. The van der Waals surface area contributed by atoms with Gasteiger partial charge in [0.1, 0.15) is 5.78 Å². The summed E-state index contributed by atoms with van der Waals surface area (Å²) in [6.07, 6.45) is 2.77. The van der Waals surface area contributed by atoms with E-state index in [1.165, 1.54) is 14.2 Å². The van der Waals surface area contributed by atoms with E-state index in [2.05, 4.69) is 9.97 Å². The first kappa shape index (κ1) is 15.2. The Kier molecular flexibility index (Phi) is 6.05. The first-order valence-corrected chi connectivity index (χ1v) is 6.46. The Bertz CT molecular complexity index is 414. The van der Waals surface area contributed by atoms with Crippen LogP contribution in [0.2, 0.25) is 0 Å². The normalized spacial score (nSPS) is 14.5. The molecule has 6 nitrogen and oxygen atoms in total. The van der Waals surface area contributed by atoms with Gasteiger partial charge in [-0.3, -0.25) is 4.79 Å². The zero-order valence-corrected chi connectivity index (χ0v) is 12.0. The number of Topliss-reactive ketones (excluding diaryl/α,β-unsaturated/α-hetero) is 1. The Hall–Kier alpha value is -1.85. The molecule has 1 fully saturated rings. The van der Waals surface area contributed by atoms with E-state index in [0.29, 0.717) is 43.5 Å². The fraction of sp³-hybridized carbons (Fsp3) is 0.615. The molecule has 1 aromatic rings. The van der Waals surface area contributed by atoms with Crippen LogP contribution in [0.25, 0.3) is 0 Å². The summed E-state index contributed by atoms with van der Waals surface area (Å²) in [7, 11) is 3.04. The Morgan fingerprint density at radius 2 is 1.68 bits per heavy atom. The van der Waals surface area contributed by atoms with Gasteiger partial charge < -0.3 is 14.4 Å². The molecule has 0 radical (unpaired) electrons. The van der Waals surface area contributed by atoms with Gasteiger partial charge in [-0.25, -0.2) is 4.98 Å². The molecule has 0 amide bonds. The highest BCUT2D eigenvalue weighted by molar-refractivity contribution is 5.80. The van der Waals surface area contributed by atoms with E-state index in [1.54, 1.807) is 6.20 Å². The summed E-state index contributed by atoms with van der Waals surface area (Å²) in [5.74, 6) is 1.75. The first-order chi connectivity index (χ1) is 9.24. The maximum atomic E-state index is 11.2. The summed E-state index contributed by atoms with van der Waals surface area (Å²) in [5.41, 5.74) is 0. The Morgan fingerprint density at radius 1 is 1.11 bits per heavy atom. The van der Waals surface area contributed by atoms with Crippen LogP contribution in [0.1, 0.15) is 26.7 Å². The van der Waals surface area contributed by atoms with E-state index in [4.69, 9.17) is 9.47 Å². The number of ether oxygens (including phenoxy) is 2. The Balaban J connectivity index is 0.000000861. The number of ketones is 1. The molecule has 0 bridgehead atoms. The number of nitrogens with zero attached hydrogens (tertiary/aromatic N) is 3. The molecule has 6 heteroatoms. The summed E-state index contributed by atoms with van der Waals surface area (Å²) in [5, 5.41) is 0. The molecule has 0 atom stereocenters. The van der Waals surface area contributed by atoms with Gasteiger partial charge >= 0.3 is 0 Å². The fourth-order valence-electron chi connectivity index (χ4n) is 1.76. The molecule has 0 aliphatic carbocycles. The second-order valence-electron chi connectivity index (χ2n) is 3.77. The number of hydrogen-bond donors (Lipinski definition) is 0. The summed E-state index contributed by atoms with van der Waals surface area (Å²) in [4.78, 5) is 21.6. The molecule has 1 aliphatic rings. The van der Waals surface area contributed by atoms with Crippen molar-refractivity contribution in [2.75, 3.05) is 32.2 Å². The van der Waals surface area contributed by atoms with Gasteiger partial charge in [0.2, 0.25) is 0 Å². The highest BCUT2D eigenvalue weighted by Gasteiger charge is 2.19. The topological polar surface area (TPSA) is 64.5 Å². The molecule has 19 heavy (non-hydrogen) atoms. The molecule has 1 saturated heterocycles. The van der Waals surface area contributed by atoms with Gasteiger partial charge in [0.05, 0.1) is 20.4 Å². The molecule has 106 valence electrons. The number of aromatic nitrogens is 2. The van der Waals surface area contributed by atoms with Crippen LogP contribution in [0.4, 0.5) is 5.82 Å². The zero-order valence-electron chi connectivity index (χ0n) is 12.0. The zero-order chi connectivity index (χ0) is 14.3. The lowest BCUT2D eigenvalue weighted by Gasteiger charge is -2.26. The summed E-state index contributed by atoms with van der Waals surface area (Å²) in [6, 6.07) is 0. The molecule has 0 spiro atoms. The summed E-state index contributed by atoms with van der Waals surface area (Å²) < 4.78 is 10.1. The van der Waals surface area contributed by atoms with E-state index < -0.39 is 0 Å². The second kappa shape index (κ2) is 7.56. The second-order valence-corrected chi connectivity index (χ2v) is 3.77. The van der Waals surface area contributed by atoms with Crippen molar-refractivity contribution in [2.45, 2.75) is 26.7 Å². The minimum Gasteiger partial charge on any atom is -0.477 e. The molecular formula is C13H21N3O3. The number of piperidine rings is 1. The Labute approximate surface area is 113 Å². The predicted molar refractivity (Wildman–Crippen MR) is 72.9 cm³/mol. The number of methoxy groups -OCH3 is 2. The van der Waals surface area contributed by atoms with Crippen molar-refractivity contribution in [2.24, 2.45) is 0 Å². The van der Waals surface area contributed by atoms with E-state index in [0.717, 1.165) is 5.82 Å². The average molecular weight is 267 g/mol. The van der Waals surface area contributed by atoms with E-state index in [1.807, 2.05) is 18.7 Å². The largest absolute Gasteiger partial charge is 0.477 e. The molecule has 1 aliphatic heterocycles. The first-order valence-electron chi connectivity index (χ1n) is 6.46. The van der Waals surface area contributed by atoms with Crippen LogP contribution >= 0.6 is 0 Å². The number of carbonyl (C=O) groups is 1. The minimum atomic E-state index is 0.301. The summed E-state index contributed by atoms with van der Waals surface area (Å²) in [6.45, 7) is 5.37. The van der Waals surface area contributed by atoms with Crippen molar-refractivity contribution in [1.29, 1.82) is 0 Å². The van der Waals surface area contributed by atoms with Gasteiger partial charge in [0.15, 0.2) is 5.82 Å². The third-order valence-corrected chi connectivity index (χ3v) is 2.73. The molecule has 2 rings (SSSR count). The van der Waals surface area contributed by atoms with Gasteiger partial charge in [0.25, 0.3) is 11.8 Å². The van der Waals surface area contributed by atoms with Crippen molar-refractivity contribution in [1.82, 2.24) is 9.97 Å². The van der Waals surface area contributed by atoms with Gasteiger partial charge in [-0.1, -0.05) is 13.8 Å². The average Bonchev–Trinajstić information content (AvgIpc) is 2.49. The van der Waals surface area contributed by atoms with Crippen LogP contribution in [0.5, 0.6) is 11.8 Å². The van der Waals surface area contributed by atoms with Crippen molar-refractivity contribution in [3.8, 4) is 11.8 Å². The highest BCUT2D eigenvalue weighted by atomic mass is 16.5. The minimum absolute atomic E-state index is 0.301. The van der Waals surface area contributed by atoms with Crippen LogP contribution in [0.15, 0.2) is 6.20 Å². The lowest BCUT2D eigenvalue weighted by Crippen LogP contribution is -2.34. The number of hydrogen-bond acceptors (Lipinski definition) is 6. The third-order valence-electron chi connectivity index (χ3n) is 2.73. The van der Waals surface area contributed by atoms with Crippen molar-refractivity contribution in [3.63, 3.8) is 0 Å². The third kappa shape index (κ3) is 3.81. The highest BCUT2D eigenvalue weighted by Crippen LogP contribution is 2.25. The standard InChI is InChI=1S/C11H15N3O3.C2H6/c1-16-10-11(17-2)13-9(7-12-10)14-5-3-8(15)4-6-14;1-2/h7H,3-6H2,1-2H3;1-2H3. The number of rotatable bonds is 3. The summed E-state index contributed by atoms with van der Waals surface area (Å²) >= 11 is 0. The Morgan fingerprint density at radius 3 is 2.21 bits per heavy atom. The molecule has 0 N–H and O–H groups in total. The maximum absolute atomic E-state index is 11.2. The van der Waals surface area contributed by atoms with E-state index in [9.17, 15) is 4.79 Å². The smallest absolute Gasteiger partial charge is 0.279 e. The van der Waals surface area contributed by atoms with Gasteiger partial charge in [-0.05, 0) is 0 Å². The monoisotopic (exact) mass is 267 g/mol. The van der Waals surface area contributed by atoms with Gasteiger partial charge in [-0.15, -0.1) is 0 Å². The molecule has 0 saturated carbocycles. The van der Waals surface area contributed by atoms with E-state index >= 15 is 0 Å². The lowest BCUT2D eigenvalue weighted by atomic mass is 10.1. The molecule has 1 aromatic heterocycles. The SMILES string of the molecule is CC.COc1ncc(N2CCC(=O)CC2)nc1OC. The number of anilines is 1. The quantitative estimate of drug-likeness (QED) is 0.830. The van der Waals surface area contributed by atoms with E-state index in [-0.39, 0.29) is 0 Å². The molecule has 2 heterocycles. The van der Waals surface area contributed by atoms with Crippen molar-refractivity contribution in [3.05, 3.63) is 6.20 Å². The van der Waals surface area contributed by atoms with Gasteiger partial charge in [0, 0.05) is 25.9 Å². The predicted octanol–water partition coefficient (Wildman–Crippen LogP) is 1.69. The van der Waals surface area contributed by atoms with Crippen molar-refractivity contribution >= 4 is 11.6 Å². The molecule has 0 unspecified atom stereocenters. The van der Waals surface area contributed by atoms with Crippen LogP contribution in [-0.4, -0.2) is 43.1 Å².